The number of hydrogen-bond donors (Lipinski definition) is 0. The van der Waals surface area contributed by atoms with Gasteiger partial charge < -0.3 is 14.5 Å². The number of hydrogen-bond acceptors (Lipinski definition) is 3. The summed E-state index contributed by atoms with van der Waals surface area (Å²) in [4.78, 5) is 29.1. The molecule has 1 aromatic rings. The molecule has 0 unspecified atom stereocenters. The second-order valence-corrected chi connectivity index (χ2v) is 8.92. The van der Waals surface area contributed by atoms with Crippen molar-refractivity contribution in [3.8, 4) is 0 Å². The summed E-state index contributed by atoms with van der Waals surface area (Å²) in [5.41, 5.74) is 0.902. The van der Waals surface area contributed by atoms with Crippen molar-refractivity contribution >= 4 is 12.0 Å². The molecule has 1 heterocycles. The third-order valence-electron chi connectivity index (χ3n) is 6.47. The third kappa shape index (κ3) is 5.92. The average molecular weight is 441 g/mol. The van der Waals surface area contributed by atoms with Gasteiger partial charge in [0.15, 0.2) is 0 Å². The van der Waals surface area contributed by atoms with E-state index in [1.54, 1.807) is 9.80 Å². The van der Waals surface area contributed by atoms with Gasteiger partial charge in [0.25, 0.3) is 0 Å². The molecular weight excluding hydrogens is 409 g/mol. The van der Waals surface area contributed by atoms with Crippen LogP contribution < -0.4 is 0 Å². The first-order valence-electron chi connectivity index (χ1n) is 11.0. The Kier molecular flexibility index (Phi) is 7.49. The Morgan fingerprint density at radius 1 is 1.06 bits per heavy atom. The molecule has 2 fully saturated rings. The number of amides is 2. The molecule has 1 saturated heterocycles. The zero-order valence-electron chi connectivity index (χ0n) is 18.1. The third-order valence-corrected chi connectivity index (χ3v) is 6.47. The fourth-order valence-electron chi connectivity index (χ4n) is 4.53. The number of carbonyl (C=O) groups is 2. The van der Waals surface area contributed by atoms with Gasteiger partial charge in [-0.05, 0) is 37.2 Å². The van der Waals surface area contributed by atoms with E-state index in [0.29, 0.717) is 19.6 Å². The van der Waals surface area contributed by atoms with Gasteiger partial charge in [0.05, 0.1) is 12.0 Å². The van der Waals surface area contributed by atoms with Gasteiger partial charge in [-0.3, -0.25) is 4.79 Å². The number of benzene rings is 1. The summed E-state index contributed by atoms with van der Waals surface area (Å²) >= 11 is 0. The minimum absolute atomic E-state index is 0.0119. The van der Waals surface area contributed by atoms with Crippen LogP contribution in [0.1, 0.15) is 45.1 Å². The van der Waals surface area contributed by atoms with Crippen molar-refractivity contribution in [3.63, 3.8) is 0 Å². The highest BCUT2D eigenvalue weighted by molar-refractivity contribution is 5.80. The van der Waals surface area contributed by atoms with Crippen LogP contribution in [0.25, 0.3) is 0 Å². The van der Waals surface area contributed by atoms with Crippen LogP contribution in [0, 0.1) is 17.8 Å². The number of carbonyl (C=O) groups excluding carboxylic acids is 2. The van der Waals surface area contributed by atoms with Crippen molar-refractivity contribution in [1.29, 1.82) is 0 Å². The Morgan fingerprint density at radius 3 is 2.29 bits per heavy atom. The van der Waals surface area contributed by atoms with E-state index in [4.69, 9.17) is 4.74 Å². The van der Waals surface area contributed by atoms with Gasteiger partial charge in [-0.2, -0.15) is 13.2 Å². The lowest BCUT2D eigenvalue weighted by Crippen LogP contribution is -2.59. The SMILES string of the molecule is CC(C)[C@H]1CN(C(=O)OCc2ccccc2)CCN1C(=O)[C@H]1CC[C@@H](C(F)(F)F)CC1. The molecular formula is C23H31F3N2O3. The van der Waals surface area contributed by atoms with E-state index < -0.39 is 18.2 Å². The van der Waals surface area contributed by atoms with Crippen LogP contribution in [-0.4, -0.2) is 53.7 Å². The molecule has 1 aliphatic carbocycles. The summed E-state index contributed by atoms with van der Waals surface area (Å²) in [5.74, 6) is -1.62. The zero-order chi connectivity index (χ0) is 22.6. The highest BCUT2D eigenvalue weighted by atomic mass is 19.4. The molecule has 3 rings (SSSR count). The van der Waals surface area contributed by atoms with Crippen molar-refractivity contribution < 1.29 is 27.5 Å². The van der Waals surface area contributed by atoms with Gasteiger partial charge in [0, 0.05) is 25.6 Å². The van der Waals surface area contributed by atoms with Crippen LogP contribution in [0.3, 0.4) is 0 Å². The van der Waals surface area contributed by atoms with Gasteiger partial charge >= 0.3 is 12.3 Å². The van der Waals surface area contributed by atoms with Crippen LogP contribution in [0.15, 0.2) is 30.3 Å². The fraction of sp³-hybridized carbons (Fsp3) is 0.652. The van der Waals surface area contributed by atoms with Gasteiger partial charge in [-0.15, -0.1) is 0 Å². The van der Waals surface area contributed by atoms with Gasteiger partial charge in [0.2, 0.25) is 5.91 Å². The Balaban J connectivity index is 1.56. The van der Waals surface area contributed by atoms with Gasteiger partial charge in [-0.1, -0.05) is 44.2 Å². The molecule has 0 aromatic heterocycles. The van der Waals surface area contributed by atoms with Crippen molar-refractivity contribution in [1.82, 2.24) is 9.80 Å². The lowest BCUT2D eigenvalue weighted by molar-refractivity contribution is -0.185. The smallest absolute Gasteiger partial charge is 0.410 e. The summed E-state index contributed by atoms with van der Waals surface area (Å²) in [5, 5.41) is 0. The van der Waals surface area contributed by atoms with Crippen LogP contribution in [0.5, 0.6) is 0 Å². The van der Waals surface area contributed by atoms with Gasteiger partial charge in [-0.25, -0.2) is 4.79 Å². The second-order valence-electron chi connectivity index (χ2n) is 8.92. The van der Waals surface area contributed by atoms with E-state index in [2.05, 4.69) is 0 Å². The monoisotopic (exact) mass is 440 g/mol. The van der Waals surface area contributed by atoms with E-state index in [0.717, 1.165) is 5.56 Å². The molecule has 1 aromatic carbocycles. The number of ether oxygens (including phenoxy) is 1. The number of halogens is 3. The van der Waals surface area contributed by atoms with Crippen LogP contribution in [-0.2, 0) is 16.1 Å². The summed E-state index contributed by atoms with van der Waals surface area (Å²) in [7, 11) is 0. The van der Waals surface area contributed by atoms with E-state index in [1.165, 1.54) is 0 Å². The van der Waals surface area contributed by atoms with Crippen LogP contribution in [0.4, 0.5) is 18.0 Å². The first-order chi connectivity index (χ1) is 14.7. The maximum absolute atomic E-state index is 13.1. The maximum Gasteiger partial charge on any atom is 0.410 e. The van der Waals surface area contributed by atoms with E-state index in [9.17, 15) is 22.8 Å². The predicted octanol–water partition coefficient (Wildman–Crippen LogP) is 4.86. The number of rotatable bonds is 4. The maximum atomic E-state index is 13.1. The normalized spacial score (nSPS) is 24.9. The summed E-state index contributed by atoms with van der Waals surface area (Å²) < 4.78 is 44.2. The molecule has 0 N–H and O–H groups in total. The van der Waals surface area contributed by atoms with Crippen molar-refractivity contribution in [2.24, 2.45) is 17.8 Å². The largest absolute Gasteiger partial charge is 0.445 e. The van der Waals surface area contributed by atoms with E-state index in [-0.39, 0.29) is 56.1 Å². The molecule has 0 spiro atoms. The topological polar surface area (TPSA) is 49.9 Å². The number of piperazine rings is 1. The standard InChI is InChI=1S/C23H31F3N2O3/c1-16(2)20-14-27(22(30)31-15-17-6-4-3-5-7-17)12-13-28(20)21(29)18-8-10-19(11-9-18)23(24,25)26/h3-7,16,18-20H,8-15H2,1-2H3/t18-,19+,20-/m1/s1. The summed E-state index contributed by atoms with van der Waals surface area (Å²) in [6, 6.07) is 9.24. The quantitative estimate of drug-likeness (QED) is 0.672. The molecule has 8 heteroatoms. The molecule has 2 aliphatic rings. The minimum Gasteiger partial charge on any atom is -0.445 e. The molecule has 1 aliphatic heterocycles. The fourth-order valence-corrected chi connectivity index (χ4v) is 4.53. The summed E-state index contributed by atoms with van der Waals surface area (Å²) in [6.45, 7) is 5.28. The zero-order valence-corrected chi connectivity index (χ0v) is 18.1. The predicted molar refractivity (Wildman–Crippen MR) is 110 cm³/mol. The molecule has 0 radical (unpaired) electrons. The lowest BCUT2D eigenvalue weighted by Gasteiger charge is -2.44. The Bertz CT molecular complexity index is 746. The Hall–Kier alpha value is -2.25. The van der Waals surface area contributed by atoms with Gasteiger partial charge in [0.1, 0.15) is 6.61 Å². The average Bonchev–Trinajstić information content (AvgIpc) is 2.76. The Morgan fingerprint density at radius 2 is 1.71 bits per heavy atom. The highest BCUT2D eigenvalue weighted by Crippen LogP contribution is 2.40. The van der Waals surface area contributed by atoms with E-state index in [1.807, 2.05) is 44.2 Å². The summed E-state index contributed by atoms with van der Waals surface area (Å²) in [6.07, 6.45) is -4.02. The molecule has 1 saturated carbocycles. The van der Waals surface area contributed by atoms with Crippen molar-refractivity contribution in [3.05, 3.63) is 35.9 Å². The first-order valence-corrected chi connectivity index (χ1v) is 11.0. The second kappa shape index (κ2) is 9.92. The molecule has 172 valence electrons. The molecule has 31 heavy (non-hydrogen) atoms. The molecule has 5 nitrogen and oxygen atoms in total. The van der Waals surface area contributed by atoms with Crippen LogP contribution in [0.2, 0.25) is 0 Å². The molecule has 1 atom stereocenters. The van der Waals surface area contributed by atoms with E-state index >= 15 is 0 Å². The minimum atomic E-state index is -4.18. The highest BCUT2D eigenvalue weighted by Gasteiger charge is 2.44. The number of alkyl halides is 3. The van der Waals surface area contributed by atoms with Crippen molar-refractivity contribution in [2.45, 2.75) is 58.4 Å². The Labute approximate surface area is 181 Å². The lowest BCUT2D eigenvalue weighted by atomic mass is 9.80. The molecule has 0 bridgehead atoms. The first kappa shape index (κ1) is 23.4. The van der Waals surface area contributed by atoms with Crippen LogP contribution >= 0.6 is 0 Å². The van der Waals surface area contributed by atoms with Crippen molar-refractivity contribution in [2.75, 3.05) is 19.6 Å². The molecule has 2 amide bonds. The number of nitrogens with zero attached hydrogens (tertiary/aromatic N) is 2.